The van der Waals surface area contributed by atoms with E-state index in [4.69, 9.17) is 4.74 Å². The first-order chi connectivity index (χ1) is 13.4. The lowest BCUT2D eigenvalue weighted by Crippen LogP contribution is -2.50. The Morgan fingerprint density at radius 3 is 2.43 bits per heavy atom. The van der Waals surface area contributed by atoms with Gasteiger partial charge in [0, 0.05) is 45.6 Å². The Morgan fingerprint density at radius 1 is 1.18 bits per heavy atom. The molecule has 0 unspecified atom stereocenters. The molecule has 156 valence electrons. The molecule has 1 aromatic rings. The van der Waals surface area contributed by atoms with Crippen LogP contribution in [0.2, 0.25) is 0 Å². The quantitative estimate of drug-likeness (QED) is 0.633. The summed E-state index contributed by atoms with van der Waals surface area (Å²) in [7, 11) is 1.64. The largest absolute Gasteiger partial charge is 0.385 e. The van der Waals surface area contributed by atoms with Gasteiger partial charge in [-0.1, -0.05) is 13.8 Å². The molecule has 2 N–H and O–H groups in total. The van der Waals surface area contributed by atoms with Gasteiger partial charge in [-0.15, -0.1) is 0 Å². The molecule has 1 aliphatic rings. The van der Waals surface area contributed by atoms with Crippen molar-refractivity contribution >= 4 is 17.5 Å². The van der Waals surface area contributed by atoms with Gasteiger partial charge in [-0.3, -0.25) is 9.59 Å². The molecule has 2 amide bonds. The Bertz CT molecular complexity index is 636. The van der Waals surface area contributed by atoms with Crippen molar-refractivity contribution in [2.75, 3.05) is 45.2 Å². The lowest BCUT2D eigenvalue weighted by atomic mass is 9.87. The van der Waals surface area contributed by atoms with E-state index in [1.54, 1.807) is 19.2 Å². The van der Waals surface area contributed by atoms with Gasteiger partial charge < -0.3 is 20.3 Å². The van der Waals surface area contributed by atoms with Crippen molar-refractivity contribution in [3.63, 3.8) is 0 Å². The molecule has 6 nitrogen and oxygen atoms in total. The molecule has 0 aliphatic carbocycles. The highest BCUT2D eigenvalue weighted by atomic mass is 19.1. The minimum atomic E-state index is -0.344. The maximum Gasteiger partial charge on any atom is 0.228 e. The SMILES string of the molecule is COCCCNC(=O)[C@H]1C[C@@H](C(=O)Nc2ccc(F)cc2)CN(CC(C)C)C1. The van der Waals surface area contributed by atoms with Gasteiger partial charge in [0.15, 0.2) is 0 Å². The molecule has 1 saturated heterocycles. The van der Waals surface area contributed by atoms with E-state index in [1.165, 1.54) is 12.1 Å². The number of carbonyl (C=O) groups excluding carboxylic acids is 2. The van der Waals surface area contributed by atoms with Gasteiger partial charge in [0.2, 0.25) is 11.8 Å². The maximum absolute atomic E-state index is 13.1. The van der Waals surface area contributed by atoms with Crippen LogP contribution in [-0.4, -0.2) is 56.6 Å². The number of hydrogen-bond donors (Lipinski definition) is 2. The second-order valence-electron chi connectivity index (χ2n) is 7.88. The first kappa shape index (κ1) is 22.3. The molecule has 1 fully saturated rings. The predicted octanol–water partition coefficient (Wildman–Crippen LogP) is 2.51. The van der Waals surface area contributed by atoms with Crippen LogP contribution in [0.5, 0.6) is 0 Å². The van der Waals surface area contributed by atoms with Crippen LogP contribution in [-0.2, 0) is 14.3 Å². The summed E-state index contributed by atoms with van der Waals surface area (Å²) in [6, 6.07) is 5.72. The summed E-state index contributed by atoms with van der Waals surface area (Å²) < 4.78 is 18.1. The minimum Gasteiger partial charge on any atom is -0.385 e. The second kappa shape index (κ2) is 11.1. The van der Waals surface area contributed by atoms with Gasteiger partial charge in [-0.25, -0.2) is 4.39 Å². The van der Waals surface area contributed by atoms with Crippen LogP contribution in [0.4, 0.5) is 10.1 Å². The van der Waals surface area contributed by atoms with E-state index in [0.29, 0.717) is 44.3 Å². The van der Waals surface area contributed by atoms with Crippen molar-refractivity contribution in [1.82, 2.24) is 10.2 Å². The van der Waals surface area contributed by atoms with Gasteiger partial charge in [0.25, 0.3) is 0 Å². The molecule has 1 aliphatic heterocycles. The van der Waals surface area contributed by atoms with Gasteiger partial charge in [0.1, 0.15) is 5.82 Å². The number of benzene rings is 1. The average molecular weight is 394 g/mol. The third kappa shape index (κ3) is 7.20. The Hall–Kier alpha value is -1.99. The number of hydrogen-bond acceptors (Lipinski definition) is 4. The molecule has 1 aromatic carbocycles. The maximum atomic E-state index is 13.1. The zero-order chi connectivity index (χ0) is 20.5. The van der Waals surface area contributed by atoms with Gasteiger partial charge in [0.05, 0.1) is 11.8 Å². The van der Waals surface area contributed by atoms with Crippen molar-refractivity contribution < 1.29 is 18.7 Å². The van der Waals surface area contributed by atoms with Crippen molar-refractivity contribution in [3.05, 3.63) is 30.1 Å². The molecule has 2 atom stereocenters. The highest BCUT2D eigenvalue weighted by Crippen LogP contribution is 2.24. The Kier molecular flexibility index (Phi) is 8.86. The fraction of sp³-hybridized carbons (Fsp3) is 0.619. The van der Waals surface area contributed by atoms with Gasteiger partial charge in [-0.05, 0) is 43.0 Å². The number of methoxy groups -OCH3 is 1. The first-order valence-corrected chi connectivity index (χ1v) is 9.94. The zero-order valence-electron chi connectivity index (χ0n) is 17.0. The second-order valence-corrected chi connectivity index (χ2v) is 7.88. The van der Waals surface area contributed by atoms with Crippen molar-refractivity contribution in [2.45, 2.75) is 26.7 Å². The molecule has 2 rings (SSSR count). The van der Waals surface area contributed by atoms with Gasteiger partial charge in [-0.2, -0.15) is 0 Å². The molecular weight excluding hydrogens is 361 g/mol. The zero-order valence-corrected chi connectivity index (χ0v) is 17.0. The number of rotatable bonds is 9. The summed E-state index contributed by atoms with van der Waals surface area (Å²) in [6.07, 6.45) is 1.27. The van der Waals surface area contributed by atoms with Crippen LogP contribution in [0.25, 0.3) is 0 Å². The topological polar surface area (TPSA) is 70.7 Å². The summed E-state index contributed by atoms with van der Waals surface area (Å²) in [6.45, 7) is 7.55. The molecule has 0 saturated carbocycles. The van der Waals surface area contributed by atoms with Crippen molar-refractivity contribution in [3.8, 4) is 0 Å². The monoisotopic (exact) mass is 393 g/mol. The van der Waals surface area contributed by atoms with E-state index in [2.05, 4.69) is 29.4 Å². The van der Waals surface area contributed by atoms with Crippen LogP contribution < -0.4 is 10.6 Å². The highest BCUT2D eigenvalue weighted by molar-refractivity contribution is 5.93. The fourth-order valence-electron chi connectivity index (χ4n) is 3.59. The summed E-state index contributed by atoms with van der Waals surface area (Å²) >= 11 is 0. The molecule has 0 bridgehead atoms. The number of nitrogens with one attached hydrogen (secondary N) is 2. The van der Waals surface area contributed by atoms with E-state index in [1.807, 2.05) is 0 Å². The van der Waals surface area contributed by atoms with Crippen LogP contribution >= 0.6 is 0 Å². The molecule has 28 heavy (non-hydrogen) atoms. The van der Waals surface area contributed by atoms with E-state index >= 15 is 0 Å². The van der Waals surface area contributed by atoms with E-state index in [9.17, 15) is 14.0 Å². The van der Waals surface area contributed by atoms with Crippen molar-refractivity contribution in [1.29, 1.82) is 0 Å². The van der Waals surface area contributed by atoms with Gasteiger partial charge >= 0.3 is 0 Å². The summed E-state index contributed by atoms with van der Waals surface area (Å²) in [5, 5.41) is 5.81. The number of carbonyl (C=O) groups is 2. The standard InChI is InChI=1S/C21H32FN3O3/c1-15(2)12-25-13-16(20(26)23-9-4-10-28-3)11-17(14-25)21(27)24-19-7-5-18(22)6-8-19/h5-8,15-17H,4,9-14H2,1-3H3,(H,23,26)(H,24,27)/t16-,17+/m0/s1. The minimum absolute atomic E-state index is 0.0101. The third-order valence-electron chi connectivity index (χ3n) is 4.83. The number of likely N-dealkylation sites (tertiary alicyclic amines) is 1. The summed E-state index contributed by atoms with van der Waals surface area (Å²) in [5.41, 5.74) is 0.563. The summed E-state index contributed by atoms with van der Waals surface area (Å²) in [4.78, 5) is 27.6. The highest BCUT2D eigenvalue weighted by Gasteiger charge is 2.35. The van der Waals surface area contributed by atoms with Crippen LogP contribution in [0.15, 0.2) is 24.3 Å². The number of anilines is 1. The number of amides is 2. The Labute approximate surface area is 166 Å². The Morgan fingerprint density at radius 2 is 1.82 bits per heavy atom. The number of halogens is 1. The smallest absolute Gasteiger partial charge is 0.228 e. The number of nitrogens with zero attached hydrogens (tertiary/aromatic N) is 1. The molecule has 0 aromatic heterocycles. The Balaban J connectivity index is 1.99. The van der Waals surface area contributed by atoms with Crippen LogP contribution in [0, 0.1) is 23.6 Å². The average Bonchev–Trinajstić information content (AvgIpc) is 2.66. The number of ether oxygens (including phenoxy) is 1. The van der Waals surface area contributed by atoms with E-state index in [-0.39, 0.29) is 29.5 Å². The summed E-state index contributed by atoms with van der Waals surface area (Å²) in [5.74, 6) is -0.541. The van der Waals surface area contributed by atoms with Crippen molar-refractivity contribution in [2.24, 2.45) is 17.8 Å². The predicted molar refractivity (Wildman–Crippen MR) is 107 cm³/mol. The number of piperidine rings is 1. The van der Waals surface area contributed by atoms with E-state index < -0.39 is 0 Å². The normalized spacial score (nSPS) is 20.2. The molecule has 1 heterocycles. The lowest BCUT2D eigenvalue weighted by Gasteiger charge is -2.37. The first-order valence-electron chi connectivity index (χ1n) is 9.94. The molecule has 0 spiro atoms. The third-order valence-corrected chi connectivity index (χ3v) is 4.83. The molecule has 0 radical (unpaired) electrons. The van der Waals surface area contributed by atoms with Crippen LogP contribution in [0.3, 0.4) is 0 Å². The van der Waals surface area contributed by atoms with E-state index in [0.717, 1.165) is 13.0 Å². The fourth-order valence-corrected chi connectivity index (χ4v) is 3.59. The molecular formula is C21H32FN3O3. The lowest BCUT2D eigenvalue weighted by molar-refractivity contribution is -0.130. The molecule has 7 heteroatoms. The van der Waals surface area contributed by atoms with Crippen LogP contribution in [0.1, 0.15) is 26.7 Å².